The third kappa shape index (κ3) is 11.0. The summed E-state index contributed by atoms with van der Waals surface area (Å²) in [7, 11) is 0. The molecule has 0 fully saturated rings. The van der Waals surface area contributed by atoms with E-state index in [9.17, 15) is 0 Å². The number of para-hydroxylation sites is 2. The van der Waals surface area contributed by atoms with Gasteiger partial charge >= 0.3 is 126 Å². The van der Waals surface area contributed by atoms with Crippen molar-refractivity contribution in [3.63, 3.8) is 0 Å². The Morgan fingerprint density at radius 1 is 0.671 bits per heavy atom. The monoisotopic (exact) mass is 1160 g/mol. The van der Waals surface area contributed by atoms with Gasteiger partial charge in [0.25, 0.3) is 0 Å². The van der Waals surface area contributed by atoms with Crippen molar-refractivity contribution in [1.82, 2.24) is 19.5 Å². The Morgan fingerprint density at radius 3 is 1.91 bits per heavy atom. The molecule has 4 aromatic heterocycles. The summed E-state index contributed by atoms with van der Waals surface area (Å²) in [5.41, 5.74) is 16.0. The fourth-order valence-corrected chi connectivity index (χ4v) is 12.6. The molecular formula is C63H64GeIrN4O-2. The number of furan rings is 1. The zero-order valence-electron chi connectivity index (χ0n) is 42.5. The van der Waals surface area contributed by atoms with Gasteiger partial charge in [0.1, 0.15) is 0 Å². The molecule has 10 aromatic rings. The SMILES string of the molecule is CC(C)(C)Cc1ccc2c(n1)oc1c[c-]c(-c3nc4ccccc4n3-c3c(-c4ccccc4)cc(C(C)(C)C)cc3-c3ccccc3)cc12.CC(C)Cc1cc(-c2[c-]cccc2)nc[c]1[Ge]([CH3])([CH3])[CH3].[Ir]. The minimum Gasteiger partial charge on any atom is 0 e. The summed E-state index contributed by atoms with van der Waals surface area (Å²) < 4.78 is 10.2. The molecule has 0 spiro atoms. The minimum atomic E-state index is -1.86. The molecule has 0 atom stereocenters. The van der Waals surface area contributed by atoms with Gasteiger partial charge in [-0.3, -0.25) is 4.98 Å². The minimum absolute atomic E-state index is 0. The van der Waals surface area contributed by atoms with Gasteiger partial charge in [0.15, 0.2) is 0 Å². The number of hydrogen-bond donors (Lipinski definition) is 0. The molecule has 0 saturated heterocycles. The van der Waals surface area contributed by atoms with E-state index in [2.05, 4.69) is 223 Å². The summed E-state index contributed by atoms with van der Waals surface area (Å²) in [5, 5.41) is 2.00. The largest absolute Gasteiger partial charge is 0 e. The molecule has 0 aliphatic heterocycles. The first kappa shape index (κ1) is 50.5. The molecule has 0 unspecified atom stereocenters. The van der Waals surface area contributed by atoms with Crippen LogP contribution in [0.1, 0.15) is 72.2 Å². The van der Waals surface area contributed by atoms with Gasteiger partial charge in [-0.1, -0.05) is 120 Å². The predicted molar refractivity (Wildman–Crippen MR) is 293 cm³/mol. The van der Waals surface area contributed by atoms with E-state index in [0.29, 0.717) is 11.6 Å². The van der Waals surface area contributed by atoms with Gasteiger partial charge in [-0.15, -0.1) is 23.8 Å². The fourth-order valence-electron chi connectivity index (χ4n) is 9.31. The van der Waals surface area contributed by atoms with Crippen LogP contribution in [0, 0.1) is 23.5 Å². The second kappa shape index (κ2) is 20.4. The van der Waals surface area contributed by atoms with Gasteiger partial charge in [0.2, 0.25) is 5.71 Å². The summed E-state index contributed by atoms with van der Waals surface area (Å²) >= 11 is -1.86. The number of aromatic nitrogens is 4. The van der Waals surface area contributed by atoms with Crippen LogP contribution < -0.4 is 4.40 Å². The van der Waals surface area contributed by atoms with Crippen molar-refractivity contribution < 1.29 is 24.5 Å². The molecule has 0 saturated carbocycles. The number of benzene rings is 6. The Kier molecular flexibility index (Phi) is 14.7. The van der Waals surface area contributed by atoms with Crippen LogP contribution in [0.3, 0.4) is 0 Å². The van der Waals surface area contributed by atoms with E-state index in [1.165, 1.54) is 11.1 Å². The number of nitrogens with zero attached hydrogens (tertiary/aromatic N) is 4. The molecule has 0 aliphatic carbocycles. The topological polar surface area (TPSA) is 56.7 Å². The first-order chi connectivity index (χ1) is 32.9. The second-order valence-electron chi connectivity index (χ2n) is 22.1. The molecule has 6 aromatic carbocycles. The van der Waals surface area contributed by atoms with Gasteiger partial charge in [0, 0.05) is 42.3 Å². The zero-order chi connectivity index (χ0) is 48.7. The third-order valence-corrected chi connectivity index (χ3v) is 17.0. The Balaban J connectivity index is 0.000000264. The number of pyridine rings is 2. The Hall–Kier alpha value is -5.92. The van der Waals surface area contributed by atoms with Gasteiger partial charge in [0.05, 0.1) is 28.1 Å². The predicted octanol–water partition coefficient (Wildman–Crippen LogP) is 16.3. The first-order valence-electron chi connectivity index (χ1n) is 24.4. The maximum absolute atomic E-state index is 6.30. The van der Waals surface area contributed by atoms with Crippen LogP contribution >= 0.6 is 0 Å². The van der Waals surface area contributed by atoms with Crippen LogP contribution in [0.2, 0.25) is 17.3 Å². The molecule has 0 amide bonds. The Morgan fingerprint density at radius 2 is 1.31 bits per heavy atom. The molecule has 0 bridgehead atoms. The molecule has 10 rings (SSSR count). The number of rotatable bonds is 9. The standard InChI is InChI=1S/C45H40N3O.C18H24GeN.Ir/c1-44(2,3)28-33-22-23-34-37-25-31(21-24-40(37)49-43(34)46-33)42-47-38-19-13-14-20-39(38)48(42)41-35(29-15-9-7-10-16-29)26-32(45(4,5)6)27-36(41)30-17-11-8-12-18-30;1-14(2)11-16-12-18(15-9-7-6-8-10-15)20-13-17(16)19(3,4)5;/h7-20,22-27H,28H2,1-6H3;6-9,12-14H,11H2,1-5H3;/q2*-1;. The summed E-state index contributed by atoms with van der Waals surface area (Å²) in [5.74, 6) is 8.82. The van der Waals surface area contributed by atoms with Gasteiger partial charge in [-0.2, -0.15) is 0 Å². The maximum Gasteiger partial charge on any atom is 0 e. The van der Waals surface area contributed by atoms with Crippen LogP contribution in [0.25, 0.3) is 83.7 Å². The molecule has 4 heterocycles. The summed E-state index contributed by atoms with van der Waals surface area (Å²) in [6.45, 7) is 18.1. The van der Waals surface area contributed by atoms with Crippen molar-refractivity contribution in [1.29, 1.82) is 0 Å². The van der Waals surface area contributed by atoms with Crippen LogP contribution in [0.15, 0.2) is 162 Å². The van der Waals surface area contributed by atoms with Crippen LogP contribution in [-0.2, 0) is 38.4 Å². The van der Waals surface area contributed by atoms with Gasteiger partial charge in [-0.25, -0.2) is 4.98 Å². The first-order valence-corrected chi connectivity index (χ1v) is 31.7. The van der Waals surface area contributed by atoms with E-state index in [0.717, 1.165) is 96.5 Å². The average Bonchev–Trinajstić information content (AvgIpc) is 3.88. The second-order valence-corrected chi connectivity index (χ2v) is 32.7. The average molecular weight is 1160 g/mol. The molecule has 7 heteroatoms. The maximum atomic E-state index is 6.30. The van der Waals surface area contributed by atoms with Crippen molar-refractivity contribution in [3.8, 4) is 50.6 Å². The van der Waals surface area contributed by atoms with Crippen molar-refractivity contribution in [3.05, 3.63) is 187 Å². The zero-order valence-corrected chi connectivity index (χ0v) is 47.0. The molecule has 0 aliphatic rings. The van der Waals surface area contributed by atoms with E-state index in [4.69, 9.17) is 19.4 Å². The Bertz CT molecular complexity index is 3350. The van der Waals surface area contributed by atoms with Crippen molar-refractivity contribution in [2.45, 2.75) is 90.9 Å². The summed E-state index contributed by atoms with van der Waals surface area (Å²) in [4.78, 5) is 14.9. The fraction of sp³-hybridized carbons (Fsp3) is 0.254. The van der Waals surface area contributed by atoms with Crippen LogP contribution in [-0.4, -0.2) is 32.8 Å². The van der Waals surface area contributed by atoms with Crippen LogP contribution in [0.4, 0.5) is 0 Å². The summed E-state index contributed by atoms with van der Waals surface area (Å²) in [6, 6.07) is 60.2. The van der Waals surface area contributed by atoms with E-state index in [1.54, 1.807) is 4.40 Å². The molecular weight excluding hydrogens is 1090 g/mol. The van der Waals surface area contributed by atoms with Crippen molar-refractivity contribution >= 4 is 50.8 Å². The van der Waals surface area contributed by atoms with Gasteiger partial charge < -0.3 is 8.98 Å². The smallest absolute Gasteiger partial charge is 0 e. The van der Waals surface area contributed by atoms with E-state index < -0.39 is 13.3 Å². The molecule has 1 radical (unpaired) electrons. The number of hydrogen-bond acceptors (Lipinski definition) is 4. The van der Waals surface area contributed by atoms with Crippen LogP contribution in [0.5, 0.6) is 0 Å². The molecule has 5 nitrogen and oxygen atoms in total. The Labute approximate surface area is 431 Å². The van der Waals surface area contributed by atoms with E-state index >= 15 is 0 Å². The summed E-state index contributed by atoms with van der Waals surface area (Å²) in [6.07, 6.45) is 4.15. The third-order valence-electron chi connectivity index (χ3n) is 12.6. The molecule has 357 valence electrons. The molecule has 70 heavy (non-hydrogen) atoms. The number of imidazole rings is 1. The molecule has 0 N–H and O–H groups in total. The quantitative estimate of drug-likeness (QED) is 0.107. The van der Waals surface area contributed by atoms with E-state index in [-0.39, 0.29) is 30.9 Å². The van der Waals surface area contributed by atoms with Crippen molar-refractivity contribution in [2.75, 3.05) is 0 Å². The van der Waals surface area contributed by atoms with E-state index in [1.807, 2.05) is 24.3 Å². The number of fused-ring (bicyclic) bond motifs is 4. The normalized spacial score (nSPS) is 12.1. The van der Waals surface area contributed by atoms with Crippen molar-refractivity contribution in [2.24, 2.45) is 11.3 Å². The van der Waals surface area contributed by atoms with Gasteiger partial charge in [-0.05, 0) is 70.3 Å².